The Kier molecular flexibility index (Phi) is 5.65. The average molecular weight is 351 g/mol. The number of benzene rings is 2. The molecule has 0 spiro atoms. The average Bonchev–Trinajstić information content (AvgIpc) is 2.61. The van der Waals surface area contributed by atoms with E-state index in [1.165, 1.54) is 22.4 Å². The Balaban J connectivity index is 1.81. The second-order valence-electron chi connectivity index (χ2n) is 7.82. The summed E-state index contributed by atoms with van der Waals surface area (Å²) in [7, 11) is 0. The van der Waals surface area contributed by atoms with Crippen molar-refractivity contribution in [3.8, 4) is 0 Å². The molecule has 3 nitrogen and oxygen atoms in total. The fourth-order valence-electron chi connectivity index (χ4n) is 3.82. The van der Waals surface area contributed by atoms with E-state index in [1.807, 2.05) is 0 Å². The molecule has 1 heterocycles. The standard InChI is InChI=1S/C23H30N2O/c1-16(2)19-11-7-12-20(17(3)4)23(19)24-22(26)15-25-14-8-10-18-9-5-6-13-21(18)25/h5-7,9,11-13,16-17H,8,10,14-15H2,1-4H3,(H,24,26). The molecular weight excluding hydrogens is 320 g/mol. The summed E-state index contributed by atoms with van der Waals surface area (Å²) in [6, 6.07) is 14.8. The Morgan fingerprint density at radius 1 is 1.00 bits per heavy atom. The molecule has 3 heteroatoms. The van der Waals surface area contributed by atoms with Gasteiger partial charge in [-0.2, -0.15) is 0 Å². The quantitative estimate of drug-likeness (QED) is 0.791. The highest BCUT2D eigenvalue weighted by Crippen LogP contribution is 2.32. The van der Waals surface area contributed by atoms with Crippen LogP contribution in [0.5, 0.6) is 0 Å². The topological polar surface area (TPSA) is 32.3 Å². The summed E-state index contributed by atoms with van der Waals surface area (Å²) in [6.07, 6.45) is 2.20. The summed E-state index contributed by atoms with van der Waals surface area (Å²) >= 11 is 0. The number of aryl methyl sites for hydroxylation is 1. The second kappa shape index (κ2) is 7.94. The Bertz CT molecular complexity index is 753. The third-order valence-corrected chi connectivity index (χ3v) is 5.18. The predicted octanol–water partition coefficient (Wildman–Crippen LogP) is 5.32. The Labute approximate surface area is 157 Å². The summed E-state index contributed by atoms with van der Waals surface area (Å²) in [4.78, 5) is 15.1. The number of anilines is 2. The van der Waals surface area contributed by atoms with Gasteiger partial charge in [-0.3, -0.25) is 4.79 Å². The van der Waals surface area contributed by atoms with Crippen LogP contribution in [0.2, 0.25) is 0 Å². The Morgan fingerprint density at radius 3 is 2.31 bits per heavy atom. The number of para-hydroxylation sites is 2. The molecule has 1 aliphatic heterocycles. The largest absolute Gasteiger partial charge is 0.362 e. The first-order valence-electron chi connectivity index (χ1n) is 9.73. The minimum atomic E-state index is 0.0664. The molecule has 0 fully saturated rings. The SMILES string of the molecule is CC(C)c1cccc(C(C)C)c1NC(=O)CN1CCCc2ccccc21. The Morgan fingerprint density at radius 2 is 1.65 bits per heavy atom. The number of amides is 1. The molecule has 0 bridgehead atoms. The van der Waals surface area contributed by atoms with Gasteiger partial charge >= 0.3 is 0 Å². The van der Waals surface area contributed by atoms with Gasteiger partial charge in [0.1, 0.15) is 0 Å². The zero-order chi connectivity index (χ0) is 18.7. The monoisotopic (exact) mass is 350 g/mol. The van der Waals surface area contributed by atoms with E-state index < -0.39 is 0 Å². The summed E-state index contributed by atoms with van der Waals surface area (Å²) in [5.74, 6) is 0.816. The lowest BCUT2D eigenvalue weighted by Crippen LogP contribution is -2.37. The molecule has 1 N–H and O–H groups in total. The minimum Gasteiger partial charge on any atom is -0.362 e. The highest BCUT2D eigenvalue weighted by Gasteiger charge is 2.21. The smallest absolute Gasteiger partial charge is 0.243 e. The molecule has 0 atom stereocenters. The molecule has 2 aromatic rings. The maximum absolute atomic E-state index is 12.9. The lowest BCUT2D eigenvalue weighted by atomic mass is 9.92. The van der Waals surface area contributed by atoms with E-state index in [4.69, 9.17) is 0 Å². The lowest BCUT2D eigenvalue weighted by molar-refractivity contribution is -0.115. The van der Waals surface area contributed by atoms with Crippen LogP contribution < -0.4 is 10.2 Å². The number of carbonyl (C=O) groups is 1. The van der Waals surface area contributed by atoms with Crippen LogP contribution in [0.15, 0.2) is 42.5 Å². The fraction of sp³-hybridized carbons (Fsp3) is 0.435. The van der Waals surface area contributed by atoms with Crippen LogP contribution in [0.1, 0.15) is 62.6 Å². The first-order chi connectivity index (χ1) is 12.5. The maximum atomic E-state index is 12.9. The van der Waals surface area contributed by atoms with Crippen molar-refractivity contribution >= 4 is 17.3 Å². The summed E-state index contributed by atoms with van der Waals surface area (Å²) in [5.41, 5.74) is 5.98. The predicted molar refractivity (Wildman–Crippen MR) is 110 cm³/mol. The van der Waals surface area contributed by atoms with Crippen LogP contribution in [0, 0.1) is 0 Å². The van der Waals surface area contributed by atoms with Gasteiger partial charge < -0.3 is 10.2 Å². The van der Waals surface area contributed by atoms with Crippen molar-refractivity contribution in [3.63, 3.8) is 0 Å². The number of nitrogens with one attached hydrogen (secondary N) is 1. The van der Waals surface area contributed by atoms with Gasteiger partial charge in [-0.1, -0.05) is 64.1 Å². The van der Waals surface area contributed by atoms with Gasteiger partial charge in [0.25, 0.3) is 0 Å². The second-order valence-corrected chi connectivity index (χ2v) is 7.82. The van der Waals surface area contributed by atoms with Gasteiger partial charge in [0.2, 0.25) is 5.91 Å². The zero-order valence-corrected chi connectivity index (χ0v) is 16.4. The molecule has 3 rings (SSSR count). The first kappa shape index (κ1) is 18.5. The van der Waals surface area contributed by atoms with Gasteiger partial charge in [-0.15, -0.1) is 0 Å². The minimum absolute atomic E-state index is 0.0664. The van der Waals surface area contributed by atoms with Gasteiger partial charge in [-0.25, -0.2) is 0 Å². The van der Waals surface area contributed by atoms with E-state index >= 15 is 0 Å². The van der Waals surface area contributed by atoms with Crippen molar-refractivity contribution < 1.29 is 4.79 Å². The molecular formula is C23H30N2O. The molecule has 1 amide bonds. The van der Waals surface area contributed by atoms with E-state index in [0.29, 0.717) is 18.4 Å². The van der Waals surface area contributed by atoms with Crippen molar-refractivity contribution in [3.05, 3.63) is 59.2 Å². The number of nitrogens with zero attached hydrogens (tertiary/aromatic N) is 1. The van der Waals surface area contributed by atoms with Crippen molar-refractivity contribution in [1.29, 1.82) is 0 Å². The molecule has 138 valence electrons. The van der Waals surface area contributed by atoms with Crippen molar-refractivity contribution in [2.24, 2.45) is 0 Å². The van der Waals surface area contributed by atoms with E-state index in [1.54, 1.807) is 0 Å². The van der Waals surface area contributed by atoms with Gasteiger partial charge in [0, 0.05) is 17.9 Å². The first-order valence-corrected chi connectivity index (χ1v) is 9.73. The number of carbonyl (C=O) groups excluding carboxylic acids is 1. The van der Waals surface area contributed by atoms with E-state index in [9.17, 15) is 4.79 Å². The van der Waals surface area contributed by atoms with Crippen molar-refractivity contribution in [2.75, 3.05) is 23.3 Å². The summed E-state index contributed by atoms with van der Waals surface area (Å²) in [5, 5.41) is 3.24. The van der Waals surface area contributed by atoms with Crippen molar-refractivity contribution in [1.82, 2.24) is 0 Å². The fourth-order valence-corrected chi connectivity index (χ4v) is 3.82. The molecule has 1 aliphatic rings. The zero-order valence-electron chi connectivity index (χ0n) is 16.4. The molecule has 0 radical (unpaired) electrons. The van der Waals surface area contributed by atoms with Crippen LogP contribution in [0.25, 0.3) is 0 Å². The van der Waals surface area contributed by atoms with E-state index in [-0.39, 0.29) is 5.91 Å². The number of hydrogen-bond donors (Lipinski definition) is 1. The number of hydrogen-bond acceptors (Lipinski definition) is 2. The van der Waals surface area contributed by atoms with Gasteiger partial charge in [0.15, 0.2) is 0 Å². The summed E-state index contributed by atoms with van der Waals surface area (Å²) in [6.45, 7) is 10.0. The molecule has 0 unspecified atom stereocenters. The molecule has 0 aliphatic carbocycles. The van der Waals surface area contributed by atoms with Crippen LogP contribution >= 0.6 is 0 Å². The number of rotatable bonds is 5. The maximum Gasteiger partial charge on any atom is 0.243 e. The van der Waals surface area contributed by atoms with Crippen LogP contribution in [0.4, 0.5) is 11.4 Å². The van der Waals surface area contributed by atoms with Crippen LogP contribution in [-0.2, 0) is 11.2 Å². The lowest BCUT2D eigenvalue weighted by Gasteiger charge is -2.31. The number of fused-ring (bicyclic) bond motifs is 1. The molecule has 2 aromatic carbocycles. The third kappa shape index (κ3) is 3.92. The van der Waals surface area contributed by atoms with Gasteiger partial charge in [-0.05, 0) is 47.4 Å². The van der Waals surface area contributed by atoms with Gasteiger partial charge in [0.05, 0.1) is 6.54 Å². The summed E-state index contributed by atoms with van der Waals surface area (Å²) < 4.78 is 0. The third-order valence-electron chi connectivity index (χ3n) is 5.18. The van der Waals surface area contributed by atoms with Crippen LogP contribution in [-0.4, -0.2) is 19.0 Å². The normalized spacial score (nSPS) is 13.8. The Hall–Kier alpha value is -2.29. The van der Waals surface area contributed by atoms with E-state index in [0.717, 1.165) is 25.1 Å². The van der Waals surface area contributed by atoms with Crippen molar-refractivity contribution in [2.45, 2.75) is 52.4 Å². The molecule has 0 aromatic heterocycles. The molecule has 26 heavy (non-hydrogen) atoms. The molecule has 0 saturated carbocycles. The highest BCUT2D eigenvalue weighted by atomic mass is 16.2. The van der Waals surface area contributed by atoms with Crippen LogP contribution in [0.3, 0.4) is 0 Å². The highest BCUT2D eigenvalue weighted by molar-refractivity contribution is 5.96. The van der Waals surface area contributed by atoms with E-state index in [2.05, 4.69) is 80.4 Å². The molecule has 0 saturated heterocycles.